The number of urea groups is 1. The molecular weight excluding hydrogens is 228 g/mol. The van der Waals surface area contributed by atoms with E-state index >= 15 is 0 Å². The second kappa shape index (κ2) is 3.73. The van der Waals surface area contributed by atoms with Crippen LogP contribution in [0.2, 0.25) is 0 Å². The Kier molecular flexibility index (Phi) is 2.90. The zero-order valence-corrected chi connectivity index (χ0v) is 8.25. The van der Waals surface area contributed by atoms with Gasteiger partial charge in [0.25, 0.3) is 0 Å². The summed E-state index contributed by atoms with van der Waals surface area (Å²) in [5.74, 6) is 0. The van der Waals surface area contributed by atoms with Gasteiger partial charge in [-0.1, -0.05) is 0 Å². The average Bonchev–Trinajstić information content (AvgIpc) is 2.35. The van der Waals surface area contributed by atoms with Crippen molar-refractivity contribution in [1.82, 2.24) is 5.32 Å². The van der Waals surface area contributed by atoms with Crippen molar-refractivity contribution in [2.75, 3.05) is 12.4 Å². The van der Waals surface area contributed by atoms with Crippen LogP contribution in [0.1, 0.15) is 0 Å². The lowest BCUT2D eigenvalue weighted by Crippen LogP contribution is -2.23. The maximum Gasteiger partial charge on any atom is 0.319 e. The van der Waals surface area contributed by atoms with Crippen molar-refractivity contribution in [3.05, 3.63) is 15.9 Å². The van der Waals surface area contributed by atoms with E-state index in [9.17, 15) is 4.79 Å². The first-order chi connectivity index (χ1) is 5.22. The van der Waals surface area contributed by atoms with E-state index < -0.39 is 0 Å². The van der Waals surface area contributed by atoms with Gasteiger partial charge in [0.2, 0.25) is 0 Å². The minimum absolute atomic E-state index is 0.195. The van der Waals surface area contributed by atoms with Crippen LogP contribution in [-0.4, -0.2) is 13.1 Å². The summed E-state index contributed by atoms with van der Waals surface area (Å²) in [6.07, 6.45) is 0. The van der Waals surface area contributed by atoms with Gasteiger partial charge in [-0.3, -0.25) is 5.32 Å². The third kappa shape index (κ3) is 2.51. The van der Waals surface area contributed by atoms with Gasteiger partial charge in [-0.15, -0.1) is 11.3 Å². The monoisotopic (exact) mass is 234 g/mol. The second-order valence-corrected chi connectivity index (χ2v) is 4.27. The normalized spacial score (nSPS) is 9.27. The molecule has 0 spiro atoms. The van der Waals surface area contributed by atoms with Gasteiger partial charge in [0.15, 0.2) is 0 Å². The highest BCUT2D eigenvalue weighted by molar-refractivity contribution is 9.11. The molecule has 0 radical (unpaired) electrons. The molecule has 0 aromatic carbocycles. The second-order valence-electron chi connectivity index (χ2n) is 1.81. The van der Waals surface area contributed by atoms with Crippen molar-refractivity contribution in [2.24, 2.45) is 0 Å². The largest absolute Gasteiger partial charge is 0.341 e. The highest BCUT2D eigenvalue weighted by Gasteiger charge is 1.99. The van der Waals surface area contributed by atoms with Crippen molar-refractivity contribution in [3.63, 3.8) is 0 Å². The molecule has 0 fully saturated rings. The highest BCUT2D eigenvalue weighted by Crippen LogP contribution is 2.26. The molecule has 0 aliphatic carbocycles. The smallest absolute Gasteiger partial charge is 0.319 e. The maximum atomic E-state index is 10.8. The minimum Gasteiger partial charge on any atom is -0.341 e. The summed E-state index contributed by atoms with van der Waals surface area (Å²) in [6.45, 7) is 0. The number of carbonyl (C=O) groups excluding carboxylic acids is 1. The molecule has 1 aromatic rings. The molecule has 0 bridgehead atoms. The number of hydrogen-bond donors (Lipinski definition) is 2. The Balaban J connectivity index is 2.57. The van der Waals surface area contributed by atoms with Gasteiger partial charge in [0, 0.05) is 7.05 Å². The molecule has 0 unspecified atom stereocenters. The standard InChI is InChI=1S/C6H7BrN2OS/c1-8-6(10)9-5-3-2-4(7)11-5/h2-3H,1H3,(H2,8,9,10). The molecule has 5 heteroatoms. The van der Waals surface area contributed by atoms with Gasteiger partial charge in [-0.25, -0.2) is 4.79 Å². The lowest BCUT2D eigenvalue weighted by Gasteiger charge is -1.98. The summed E-state index contributed by atoms with van der Waals surface area (Å²) < 4.78 is 1.00. The summed E-state index contributed by atoms with van der Waals surface area (Å²) in [5, 5.41) is 5.94. The molecule has 0 saturated carbocycles. The van der Waals surface area contributed by atoms with Crippen LogP contribution in [0, 0.1) is 0 Å². The number of halogens is 1. The van der Waals surface area contributed by atoms with Crippen molar-refractivity contribution >= 4 is 38.3 Å². The molecule has 1 rings (SSSR count). The first kappa shape index (κ1) is 8.55. The Morgan fingerprint density at radius 2 is 2.36 bits per heavy atom. The number of anilines is 1. The number of carbonyl (C=O) groups is 1. The van der Waals surface area contributed by atoms with Crippen LogP contribution in [0.5, 0.6) is 0 Å². The van der Waals surface area contributed by atoms with Crippen LogP contribution in [0.15, 0.2) is 15.9 Å². The fourth-order valence-electron chi connectivity index (χ4n) is 0.556. The van der Waals surface area contributed by atoms with E-state index in [1.807, 2.05) is 12.1 Å². The quantitative estimate of drug-likeness (QED) is 0.770. The molecule has 0 aliphatic rings. The van der Waals surface area contributed by atoms with Crippen molar-refractivity contribution < 1.29 is 4.79 Å². The number of hydrogen-bond acceptors (Lipinski definition) is 2. The Morgan fingerprint density at radius 1 is 1.64 bits per heavy atom. The lowest BCUT2D eigenvalue weighted by molar-refractivity contribution is 0.254. The summed E-state index contributed by atoms with van der Waals surface area (Å²) in [5.41, 5.74) is 0. The molecule has 3 nitrogen and oxygen atoms in total. The Bertz CT molecular complexity index is 261. The highest BCUT2D eigenvalue weighted by atomic mass is 79.9. The van der Waals surface area contributed by atoms with Crippen molar-refractivity contribution in [3.8, 4) is 0 Å². The Labute approximate surface area is 76.9 Å². The van der Waals surface area contributed by atoms with Gasteiger partial charge in [0.1, 0.15) is 0 Å². The Morgan fingerprint density at radius 3 is 2.82 bits per heavy atom. The zero-order valence-electron chi connectivity index (χ0n) is 5.85. The molecule has 0 saturated heterocycles. The third-order valence-corrected chi connectivity index (χ3v) is 2.58. The van der Waals surface area contributed by atoms with Crippen LogP contribution in [0.3, 0.4) is 0 Å². The summed E-state index contributed by atoms with van der Waals surface area (Å²) in [7, 11) is 1.58. The molecule has 60 valence electrons. The molecule has 2 amide bonds. The SMILES string of the molecule is CNC(=O)Nc1ccc(Br)s1. The van der Waals surface area contributed by atoms with E-state index in [-0.39, 0.29) is 6.03 Å². The van der Waals surface area contributed by atoms with E-state index in [0.29, 0.717) is 0 Å². The van der Waals surface area contributed by atoms with Gasteiger partial charge < -0.3 is 5.32 Å². The van der Waals surface area contributed by atoms with Gasteiger partial charge in [-0.05, 0) is 28.1 Å². The van der Waals surface area contributed by atoms with Crippen LogP contribution >= 0.6 is 27.3 Å². The van der Waals surface area contributed by atoms with Crippen LogP contribution in [-0.2, 0) is 0 Å². The minimum atomic E-state index is -0.195. The Hall–Kier alpha value is -0.550. The predicted octanol–water partition coefficient (Wildman–Crippen LogP) is 2.26. The number of thiophene rings is 1. The number of nitrogens with one attached hydrogen (secondary N) is 2. The maximum absolute atomic E-state index is 10.8. The first-order valence-corrected chi connectivity index (χ1v) is 4.57. The fourth-order valence-corrected chi connectivity index (χ4v) is 1.84. The summed E-state index contributed by atoms with van der Waals surface area (Å²) in [6, 6.07) is 3.53. The molecule has 11 heavy (non-hydrogen) atoms. The van der Waals surface area contributed by atoms with Crippen molar-refractivity contribution in [2.45, 2.75) is 0 Å². The van der Waals surface area contributed by atoms with Gasteiger partial charge in [-0.2, -0.15) is 0 Å². The average molecular weight is 235 g/mol. The van der Waals surface area contributed by atoms with Crippen LogP contribution < -0.4 is 10.6 Å². The van der Waals surface area contributed by atoms with Gasteiger partial charge in [0.05, 0.1) is 8.79 Å². The topological polar surface area (TPSA) is 41.1 Å². The molecule has 0 aliphatic heterocycles. The van der Waals surface area contributed by atoms with Crippen molar-refractivity contribution in [1.29, 1.82) is 0 Å². The van der Waals surface area contributed by atoms with Gasteiger partial charge >= 0.3 is 6.03 Å². The third-order valence-electron chi connectivity index (χ3n) is 1.04. The zero-order chi connectivity index (χ0) is 8.27. The molecule has 0 atom stereocenters. The van der Waals surface area contributed by atoms with Crippen LogP contribution in [0.4, 0.5) is 9.80 Å². The fraction of sp³-hybridized carbons (Fsp3) is 0.167. The van der Waals surface area contributed by atoms with E-state index in [2.05, 4.69) is 26.6 Å². The molecule has 1 heterocycles. The molecule has 1 aromatic heterocycles. The lowest BCUT2D eigenvalue weighted by atomic mass is 10.6. The summed E-state index contributed by atoms with van der Waals surface area (Å²) >= 11 is 4.77. The van der Waals surface area contributed by atoms with E-state index in [1.165, 1.54) is 11.3 Å². The van der Waals surface area contributed by atoms with Crippen LogP contribution in [0.25, 0.3) is 0 Å². The van der Waals surface area contributed by atoms with E-state index in [4.69, 9.17) is 0 Å². The predicted molar refractivity (Wildman–Crippen MR) is 50.1 cm³/mol. The first-order valence-electron chi connectivity index (χ1n) is 2.96. The molecular formula is C6H7BrN2OS. The molecule has 2 N–H and O–H groups in total. The van der Waals surface area contributed by atoms with E-state index in [0.717, 1.165) is 8.79 Å². The summed E-state index contributed by atoms with van der Waals surface area (Å²) in [4.78, 5) is 10.8. The number of rotatable bonds is 1. The number of amides is 2. The van der Waals surface area contributed by atoms with E-state index in [1.54, 1.807) is 7.05 Å².